The minimum absolute atomic E-state index is 0.235. The molecule has 0 atom stereocenters. The lowest BCUT2D eigenvalue weighted by Gasteiger charge is -2.36. The summed E-state index contributed by atoms with van der Waals surface area (Å²) in [5.74, 6) is 3.65. The third kappa shape index (κ3) is 4.36. The molecule has 0 bridgehead atoms. The van der Waals surface area contributed by atoms with Crippen molar-refractivity contribution in [3.8, 4) is 5.75 Å². The highest BCUT2D eigenvalue weighted by Gasteiger charge is 2.30. The molecule has 4 rings (SSSR count). The standard InChI is InChI=1S/C23H30N4O2/c1-4-21(28)26-10-12-27(13-11-26)23-20(15-17-6-5-7-19(14-17)29-3)16(2)24-22(25-23)18-8-9-18/h5-7,14,18H,4,8-13,15H2,1-3H3. The monoisotopic (exact) mass is 394 g/mol. The van der Waals surface area contributed by atoms with Crippen LogP contribution in [0, 0.1) is 6.92 Å². The molecule has 1 saturated heterocycles. The summed E-state index contributed by atoms with van der Waals surface area (Å²) in [6.45, 7) is 7.18. The SMILES string of the molecule is CCC(=O)N1CCN(c2nc(C3CC3)nc(C)c2Cc2cccc(OC)c2)CC1. The van der Waals surface area contributed by atoms with E-state index in [1.54, 1.807) is 7.11 Å². The fourth-order valence-corrected chi connectivity index (χ4v) is 3.97. The van der Waals surface area contributed by atoms with Crippen LogP contribution in [-0.2, 0) is 11.2 Å². The summed E-state index contributed by atoms with van der Waals surface area (Å²) in [7, 11) is 1.69. The van der Waals surface area contributed by atoms with Crippen molar-refractivity contribution in [2.75, 3.05) is 38.2 Å². The van der Waals surface area contributed by atoms with Crippen molar-refractivity contribution in [3.05, 3.63) is 46.9 Å². The maximum atomic E-state index is 12.1. The molecule has 6 nitrogen and oxygen atoms in total. The zero-order valence-electron chi connectivity index (χ0n) is 17.6. The smallest absolute Gasteiger partial charge is 0.222 e. The maximum Gasteiger partial charge on any atom is 0.222 e. The normalized spacial score (nSPS) is 16.8. The highest BCUT2D eigenvalue weighted by atomic mass is 16.5. The first-order valence-corrected chi connectivity index (χ1v) is 10.6. The number of rotatable bonds is 6. The van der Waals surface area contributed by atoms with Crippen LogP contribution in [0.1, 0.15) is 54.7 Å². The predicted molar refractivity (Wildman–Crippen MR) is 114 cm³/mol. The lowest BCUT2D eigenvalue weighted by molar-refractivity contribution is -0.131. The van der Waals surface area contributed by atoms with Gasteiger partial charge in [-0.25, -0.2) is 9.97 Å². The number of benzene rings is 1. The number of anilines is 1. The van der Waals surface area contributed by atoms with Crippen molar-refractivity contribution in [1.29, 1.82) is 0 Å². The Labute approximate surface area is 172 Å². The van der Waals surface area contributed by atoms with E-state index in [1.165, 1.54) is 24.0 Å². The van der Waals surface area contributed by atoms with Crippen LogP contribution in [0.5, 0.6) is 5.75 Å². The molecule has 1 aromatic carbocycles. The molecule has 2 fully saturated rings. The second kappa shape index (κ2) is 8.39. The number of hydrogen-bond acceptors (Lipinski definition) is 5. The largest absolute Gasteiger partial charge is 0.497 e. The Hall–Kier alpha value is -2.63. The first kappa shape index (κ1) is 19.7. The van der Waals surface area contributed by atoms with Crippen molar-refractivity contribution in [2.24, 2.45) is 0 Å². The number of ether oxygens (including phenoxy) is 1. The van der Waals surface area contributed by atoms with Crippen molar-refractivity contribution in [2.45, 2.75) is 45.4 Å². The summed E-state index contributed by atoms with van der Waals surface area (Å²) in [5.41, 5.74) is 3.43. The van der Waals surface area contributed by atoms with Gasteiger partial charge in [0, 0.05) is 56.2 Å². The summed E-state index contributed by atoms with van der Waals surface area (Å²) < 4.78 is 5.39. The van der Waals surface area contributed by atoms with E-state index in [1.807, 2.05) is 24.0 Å². The lowest BCUT2D eigenvalue weighted by atomic mass is 10.0. The Kier molecular flexibility index (Phi) is 5.69. The number of hydrogen-bond donors (Lipinski definition) is 0. The fourth-order valence-electron chi connectivity index (χ4n) is 3.97. The molecular weight excluding hydrogens is 364 g/mol. The summed E-state index contributed by atoms with van der Waals surface area (Å²) in [4.78, 5) is 26.2. The van der Waals surface area contributed by atoms with Crippen LogP contribution in [0.15, 0.2) is 24.3 Å². The molecule has 0 unspecified atom stereocenters. The zero-order chi connectivity index (χ0) is 20.4. The summed E-state index contributed by atoms with van der Waals surface area (Å²) in [6.07, 6.45) is 3.72. The number of aromatic nitrogens is 2. The van der Waals surface area contributed by atoms with Gasteiger partial charge in [-0.15, -0.1) is 0 Å². The molecule has 0 N–H and O–H groups in total. The molecule has 2 aliphatic rings. The highest BCUT2D eigenvalue weighted by molar-refractivity contribution is 5.76. The molecule has 1 aliphatic carbocycles. The quantitative estimate of drug-likeness (QED) is 0.752. The van der Waals surface area contributed by atoms with Crippen LogP contribution in [0.4, 0.5) is 5.82 Å². The minimum atomic E-state index is 0.235. The molecular formula is C23H30N4O2. The van der Waals surface area contributed by atoms with Crippen molar-refractivity contribution in [1.82, 2.24) is 14.9 Å². The van der Waals surface area contributed by atoms with Crippen LogP contribution < -0.4 is 9.64 Å². The molecule has 1 amide bonds. The van der Waals surface area contributed by atoms with Gasteiger partial charge in [-0.1, -0.05) is 19.1 Å². The number of aryl methyl sites for hydroxylation is 1. The number of methoxy groups -OCH3 is 1. The molecule has 1 aliphatic heterocycles. The van der Waals surface area contributed by atoms with Gasteiger partial charge in [-0.3, -0.25) is 4.79 Å². The van der Waals surface area contributed by atoms with E-state index in [2.05, 4.69) is 24.0 Å². The fraction of sp³-hybridized carbons (Fsp3) is 0.522. The van der Waals surface area contributed by atoms with Gasteiger partial charge in [0.2, 0.25) is 5.91 Å². The van der Waals surface area contributed by atoms with Gasteiger partial charge in [0.1, 0.15) is 17.4 Å². The average Bonchev–Trinajstić information content (AvgIpc) is 3.60. The van der Waals surface area contributed by atoms with Gasteiger partial charge >= 0.3 is 0 Å². The molecule has 0 spiro atoms. The van der Waals surface area contributed by atoms with Gasteiger partial charge in [-0.05, 0) is 37.5 Å². The lowest BCUT2D eigenvalue weighted by Crippen LogP contribution is -2.49. The van der Waals surface area contributed by atoms with E-state index in [0.29, 0.717) is 12.3 Å². The number of carbonyl (C=O) groups excluding carboxylic acids is 1. The average molecular weight is 395 g/mol. The number of piperazine rings is 1. The van der Waals surface area contributed by atoms with Gasteiger partial charge in [0.25, 0.3) is 0 Å². The number of nitrogens with zero attached hydrogens (tertiary/aromatic N) is 4. The topological polar surface area (TPSA) is 58.6 Å². The predicted octanol–water partition coefficient (Wildman–Crippen LogP) is 3.32. The minimum Gasteiger partial charge on any atom is -0.497 e. The van der Waals surface area contributed by atoms with E-state index in [9.17, 15) is 4.79 Å². The van der Waals surface area contributed by atoms with Crippen LogP contribution in [0.25, 0.3) is 0 Å². The molecule has 0 radical (unpaired) electrons. The molecule has 2 heterocycles. The van der Waals surface area contributed by atoms with Crippen LogP contribution in [0.2, 0.25) is 0 Å². The second-order valence-corrected chi connectivity index (χ2v) is 7.99. The van der Waals surface area contributed by atoms with E-state index in [-0.39, 0.29) is 5.91 Å². The Bertz CT molecular complexity index is 886. The number of carbonyl (C=O) groups is 1. The Morgan fingerprint density at radius 2 is 1.93 bits per heavy atom. The van der Waals surface area contributed by atoms with Gasteiger partial charge in [-0.2, -0.15) is 0 Å². The Morgan fingerprint density at radius 3 is 2.59 bits per heavy atom. The van der Waals surface area contributed by atoms with E-state index in [0.717, 1.165) is 55.7 Å². The van der Waals surface area contributed by atoms with Crippen LogP contribution in [-0.4, -0.2) is 54.1 Å². The first-order chi connectivity index (χ1) is 14.1. The molecule has 154 valence electrons. The highest BCUT2D eigenvalue weighted by Crippen LogP contribution is 2.39. The Balaban J connectivity index is 1.63. The van der Waals surface area contributed by atoms with Crippen LogP contribution in [0.3, 0.4) is 0 Å². The van der Waals surface area contributed by atoms with E-state index >= 15 is 0 Å². The summed E-state index contributed by atoms with van der Waals surface area (Å²) >= 11 is 0. The molecule has 1 aromatic heterocycles. The first-order valence-electron chi connectivity index (χ1n) is 10.6. The molecule has 29 heavy (non-hydrogen) atoms. The van der Waals surface area contributed by atoms with Crippen molar-refractivity contribution < 1.29 is 9.53 Å². The van der Waals surface area contributed by atoms with E-state index in [4.69, 9.17) is 14.7 Å². The Morgan fingerprint density at radius 1 is 1.17 bits per heavy atom. The van der Waals surface area contributed by atoms with E-state index < -0.39 is 0 Å². The van der Waals surface area contributed by atoms with Crippen LogP contribution >= 0.6 is 0 Å². The van der Waals surface area contributed by atoms with Gasteiger partial charge < -0.3 is 14.5 Å². The number of amides is 1. The third-order valence-corrected chi connectivity index (χ3v) is 5.90. The van der Waals surface area contributed by atoms with Crippen molar-refractivity contribution >= 4 is 11.7 Å². The van der Waals surface area contributed by atoms with Crippen molar-refractivity contribution in [3.63, 3.8) is 0 Å². The third-order valence-electron chi connectivity index (χ3n) is 5.90. The maximum absolute atomic E-state index is 12.1. The summed E-state index contributed by atoms with van der Waals surface area (Å²) in [5, 5.41) is 0. The molecule has 2 aromatic rings. The zero-order valence-corrected chi connectivity index (χ0v) is 17.6. The molecule has 1 saturated carbocycles. The summed E-state index contributed by atoms with van der Waals surface area (Å²) in [6, 6.07) is 8.19. The van der Waals surface area contributed by atoms with Gasteiger partial charge in [0.05, 0.1) is 7.11 Å². The van der Waals surface area contributed by atoms with Gasteiger partial charge in [0.15, 0.2) is 0 Å². The molecule has 6 heteroatoms. The second-order valence-electron chi connectivity index (χ2n) is 7.99.